The summed E-state index contributed by atoms with van der Waals surface area (Å²) in [6.45, 7) is 3.09. The van der Waals surface area contributed by atoms with E-state index in [9.17, 15) is 37.9 Å². The summed E-state index contributed by atoms with van der Waals surface area (Å²) < 4.78 is 33.2. The molecule has 9 nitrogen and oxygen atoms in total. The molecule has 0 fully saturated rings. The number of aliphatic hydroxyl groups is 1. The van der Waals surface area contributed by atoms with Crippen molar-refractivity contribution < 1.29 is 97.0 Å². The second kappa shape index (κ2) is 23.6. The number of rotatable bonds is 23. The SMILES string of the molecule is CCCCCCCCCCCCCCCCCCN(C(C)O)C(CC(=O)[O-])(C(=O)[O-])S(=O)(=O)O.[Na+].[Na+]. The Labute approximate surface area is 262 Å². The van der Waals surface area contributed by atoms with Crippen molar-refractivity contribution in [1.29, 1.82) is 0 Å². The number of hydrogen-bond donors (Lipinski definition) is 2. The molecule has 0 aliphatic carbocycles. The number of carboxylic acid groups (broad SMARTS) is 2. The van der Waals surface area contributed by atoms with E-state index < -0.39 is 39.6 Å². The van der Waals surface area contributed by atoms with Gasteiger partial charge in [-0.2, -0.15) is 8.42 Å². The number of aliphatic carboxylic acids is 2. The Balaban J connectivity index is -0.00000544. The third-order valence-electron chi connectivity index (χ3n) is 6.30. The first-order valence-corrected chi connectivity index (χ1v) is 14.3. The average molecular weight is 554 g/mol. The summed E-state index contributed by atoms with van der Waals surface area (Å²) in [6, 6.07) is 0. The van der Waals surface area contributed by atoms with Crippen LogP contribution in [0.3, 0.4) is 0 Å². The number of hydrogen-bond acceptors (Lipinski definition) is 8. The maximum absolute atomic E-state index is 11.8. The molecule has 0 spiro atoms. The summed E-state index contributed by atoms with van der Waals surface area (Å²) in [5.74, 6) is -4.32. The van der Waals surface area contributed by atoms with Crippen LogP contribution in [0.4, 0.5) is 0 Å². The summed E-state index contributed by atoms with van der Waals surface area (Å²) in [5, 5.41) is 32.6. The van der Waals surface area contributed by atoms with Crippen molar-refractivity contribution in [3.05, 3.63) is 0 Å². The van der Waals surface area contributed by atoms with E-state index in [0.717, 1.165) is 32.6 Å². The van der Waals surface area contributed by atoms with Gasteiger partial charge in [0.05, 0.1) is 5.97 Å². The topological polar surface area (TPSA) is 158 Å². The normalized spacial score (nSPS) is 13.9. The number of nitrogens with zero attached hydrogens (tertiary/aromatic N) is 1. The number of aliphatic hydroxyl groups excluding tert-OH is 1. The Morgan fingerprint density at radius 1 is 0.778 bits per heavy atom. The first-order chi connectivity index (χ1) is 16.0. The Morgan fingerprint density at radius 2 is 1.11 bits per heavy atom. The summed E-state index contributed by atoms with van der Waals surface area (Å²) >= 11 is 0. The maximum Gasteiger partial charge on any atom is 1.00 e. The van der Waals surface area contributed by atoms with Crippen LogP contribution in [0.1, 0.15) is 123 Å². The average Bonchev–Trinajstić information content (AvgIpc) is 2.73. The number of carbonyl (C=O) groups is 2. The Bertz CT molecular complexity index is 679. The van der Waals surface area contributed by atoms with Crippen molar-refractivity contribution in [3.8, 4) is 0 Å². The monoisotopic (exact) mass is 553 g/mol. The molecule has 0 aromatic heterocycles. The number of carboxylic acids is 2. The molecule has 2 N–H and O–H groups in total. The molecule has 0 saturated carbocycles. The van der Waals surface area contributed by atoms with E-state index in [4.69, 9.17) is 0 Å². The molecule has 0 aliphatic heterocycles. The van der Waals surface area contributed by atoms with E-state index in [1.807, 2.05) is 0 Å². The van der Waals surface area contributed by atoms with Gasteiger partial charge in [-0.15, -0.1) is 0 Å². The molecule has 12 heteroatoms. The van der Waals surface area contributed by atoms with Gasteiger partial charge in [0.1, 0.15) is 6.23 Å². The molecule has 0 amide bonds. The van der Waals surface area contributed by atoms with Crippen molar-refractivity contribution in [2.75, 3.05) is 6.54 Å². The van der Waals surface area contributed by atoms with Gasteiger partial charge < -0.3 is 24.9 Å². The van der Waals surface area contributed by atoms with Gasteiger partial charge in [0, 0.05) is 18.9 Å². The molecule has 0 bridgehead atoms. The van der Waals surface area contributed by atoms with Crippen LogP contribution in [0.5, 0.6) is 0 Å². The zero-order chi connectivity index (χ0) is 26.0. The fourth-order valence-corrected chi connectivity index (χ4v) is 5.38. The van der Waals surface area contributed by atoms with Gasteiger partial charge in [-0.3, -0.25) is 9.45 Å². The molecule has 0 aliphatic rings. The Kier molecular flexibility index (Phi) is 27.1. The van der Waals surface area contributed by atoms with Crippen molar-refractivity contribution in [1.82, 2.24) is 4.90 Å². The van der Waals surface area contributed by atoms with Crippen molar-refractivity contribution in [3.63, 3.8) is 0 Å². The molecule has 2 atom stereocenters. The van der Waals surface area contributed by atoms with E-state index in [-0.39, 0.29) is 65.7 Å². The molecule has 0 radical (unpaired) electrons. The molecule has 202 valence electrons. The minimum atomic E-state index is -5.45. The first kappa shape index (κ1) is 41.3. The molecule has 0 rings (SSSR count). The van der Waals surface area contributed by atoms with E-state index in [0.29, 0.717) is 17.7 Å². The van der Waals surface area contributed by atoms with Crippen molar-refractivity contribution >= 4 is 22.1 Å². The summed E-state index contributed by atoms with van der Waals surface area (Å²) in [6.07, 6.45) is 14.8. The standard InChI is InChI=1S/C24H47NO8S.2Na/c1-3-4-5-6-7-8-9-10-11-12-13-14-15-16-17-18-19-25(21(2)26)24(23(29)30,20-22(27)28)34(31,32)33;;/h21,26H,3-20H2,1-2H3,(H,27,28)(H,29,30)(H,31,32,33);;/q;2*+1/p-2. The van der Waals surface area contributed by atoms with Crippen LogP contribution in [-0.4, -0.2) is 52.6 Å². The van der Waals surface area contributed by atoms with Crippen molar-refractivity contribution in [2.24, 2.45) is 0 Å². The van der Waals surface area contributed by atoms with Gasteiger partial charge in [0.2, 0.25) is 0 Å². The predicted octanol–water partition coefficient (Wildman–Crippen LogP) is -3.63. The van der Waals surface area contributed by atoms with Gasteiger partial charge in [-0.1, -0.05) is 103 Å². The summed E-state index contributed by atoms with van der Waals surface area (Å²) in [5.41, 5.74) is 0. The smallest absolute Gasteiger partial charge is 0.550 e. The van der Waals surface area contributed by atoms with Crippen LogP contribution < -0.4 is 69.3 Å². The van der Waals surface area contributed by atoms with Gasteiger partial charge in [-0.25, -0.2) is 0 Å². The van der Waals surface area contributed by atoms with Crippen LogP contribution in [-0.2, 0) is 19.7 Å². The number of unbranched alkanes of at least 4 members (excludes halogenated alkanes) is 15. The van der Waals surface area contributed by atoms with E-state index in [1.165, 1.54) is 64.2 Å². The predicted molar refractivity (Wildman–Crippen MR) is 127 cm³/mol. The van der Waals surface area contributed by atoms with E-state index in [1.54, 1.807) is 0 Å². The minimum absolute atomic E-state index is 0. The summed E-state index contributed by atoms with van der Waals surface area (Å²) in [4.78, 5) is 19.9. The van der Waals surface area contributed by atoms with Crippen LogP contribution in [0.2, 0.25) is 0 Å². The Hall–Kier alpha value is 0.770. The van der Waals surface area contributed by atoms with Gasteiger partial charge >= 0.3 is 59.1 Å². The first-order valence-electron chi connectivity index (χ1n) is 12.8. The van der Waals surface area contributed by atoms with Crippen LogP contribution >= 0.6 is 0 Å². The fourth-order valence-electron chi connectivity index (χ4n) is 4.33. The summed E-state index contributed by atoms with van der Waals surface area (Å²) in [7, 11) is -5.45. The molecule has 0 aromatic rings. The van der Waals surface area contributed by atoms with Crippen LogP contribution in [0.25, 0.3) is 0 Å². The second-order valence-electron chi connectivity index (χ2n) is 9.22. The fraction of sp³-hybridized carbons (Fsp3) is 0.917. The third kappa shape index (κ3) is 16.7. The molecule has 0 saturated heterocycles. The quantitative estimate of drug-likeness (QED) is 0.0564. The molecule has 36 heavy (non-hydrogen) atoms. The minimum Gasteiger partial charge on any atom is -0.550 e. The third-order valence-corrected chi connectivity index (χ3v) is 7.70. The van der Waals surface area contributed by atoms with E-state index >= 15 is 0 Å². The van der Waals surface area contributed by atoms with Crippen molar-refractivity contribution in [2.45, 2.75) is 134 Å². The molecular formula is C24H45NNa2O8S. The second-order valence-corrected chi connectivity index (χ2v) is 10.8. The van der Waals surface area contributed by atoms with Gasteiger partial charge in [0.25, 0.3) is 10.1 Å². The van der Waals surface area contributed by atoms with Gasteiger partial charge in [-0.05, 0) is 13.3 Å². The van der Waals surface area contributed by atoms with E-state index in [2.05, 4.69) is 6.92 Å². The molecule has 0 heterocycles. The molecule has 0 aromatic carbocycles. The molecular weight excluding hydrogens is 508 g/mol. The van der Waals surface area contributed by atoms with Crippen LogP contribution in [0, 0.1) is 0 Å². The maximum atomic E-state index is 11.8. The molecule has 2 unspecified atom stereocenters. The largest absolute Gasteiger partial charge is 1.00 e. The van der Waals surface area contributed by atoms with Gasteiger partial charge in [0.15, 0.2) is 4.87 Å². The Morgan fingerprint density at radius 3 is 1.36 bits per heavy atom. The zero-order valence-electron chi connectivity index (χ0n) is 23.0. The number of carbonyl (C=O) groups excluding carboxylic acids is 2. The van der Waals surface area contributed by atoms with Crippen LogP contribution in [0.15, 0.2) is 0 Å². The zero-order valence-corrected chi connectivity index (χ0v) is 27.8.